The van der Waals surface area contributed by atoms with Gasteiger partial charge in [0, 0.05) is 16.5 Å². The van der Waals surface area contributed by atoms with Gasteiger partial charge >= 0.3 is 0 Å². The minimum atomic E-state index is -3.47. The first kappa shape index (κ1) is 18.8. The molecule has 0 unspecified atom stereocenters. The van der Waals surface area contributed by atoms with Gasteiger partial charge in [0.25, 0.3) is 0 Å². The van der Waals surface area contributed by atoms with Crippen LogP contribution in [0.15, 0.2) is 53.4 Å². The van der Waals surface area contributed by atoms with E-state index in [0.29, 0.717) is 10.0 Å². The number of carbonyl (C=O) groups is 1. The largest absolute Gasteiger partial charge is 0.350 e. The fourth-order valence-electron chi connectivity index (χ4n) is 2.22. The Morgan fingerprint density at radius 3 is 2.42 bits per heavy atom. The van der Waals surface area contributed by atoms with Crippen molar-refractivity contribution in [3.8, 4) is 0 Å². The van der Waals surface area contributed by atoms with Gasteiger partial charge in [-0.25, -0.2) is 8.42 Å². The zero-order valence-corrected chi connectivity index (χ0v) is 15.3. The smallest absolute Gasteiger partial charge is 0.221 e. The Kier molecular flexibility index (Phi) is 6.27. The first-order valence-electron chi connectivity index (χ1n) is 7.32. The number of hydrogen-bond acceptors (Lipinski definition) is 3. The van der Waals surface area contributed by atoms with E-state index in [1.165, 1.54) is 12.1 Å². The Bertz CT molecular complexity index is 823. The van der Waals surface area contributed by atoms with Crippen LogP contribution in [0.5, 0.6) is 0 Å². The van der Waals surface area contributed by atoms with Crippen molar-refractivity contribution in [1.82, 2.24) is 5.32 Å². The van der Waals surface area contributed by atoms with Crippen LogP contribution in [0.25, 0.3) is 0 Å². The lowest BCUT2D eigenvalue weighted by atomic mass is 10.1. The van der Waals surface area contributed by atoms with Crippen LogP contribution >= 0.6 is 23.2 Å². The fraction of sp³-hybridized carbons (Fsp3) is 0.235. The van der Waals surface area contributed by atoms with Crippen LogP contribution in [0, 0.1) is 0 Å². The number of benzene rings is 2. The summed E-state index contributed by atoms with van der Waals surface area (Å²) in [6.45, 7) is 1.78. The van der Waals surface area contributed by atoms with Gasteiger partial charge in [0.1, 0.15) is 0 Å². The summed E-state index contributed by atoms with van der Waals surface area (Å²) < 4.78 is 24.3. The summed E-state index contributed by atoms with van der Waals surface area (Å²) in [6, 6.07) is 12.7. The van der Waals surface area contributed by atoms with E-state index < -0.39 is 9.84 Å². The molecule has 0 aliphatic carbocycles. The highest BCUT2D eigenvalue weighted by molar-refractivity contribution is 7.91. The highest BCUT2D eigenvalue weighted by Crippen LogP contribution is 2.26. The SMILES string of the molecule is C[C@@H](NC(=O)CCS(=O)(=O)c1ccccc1)c1ccc(Cl)cc1Cl. The summed E-state index contributed by atoms with van der Waals surface area (Å²) in [4.78, 5) is 12.3. The summed E-state index contributed by atoms with van der Waals surface area (Å²) in [6.07, 6.45) is -0.118. The van der Waals surface area contributed by atoms with Crippen LogP contribution in [0.3, 0.4) is 0 Å². The third-order valence-corrected chi connectivity index (χ3v) is 5.80. The molecule has 1 atom stereocenters. The molecule has 0 heterocycles. The van der Waals surface area contributed by atoms with Gasteiger partial charge in [-0.2, -0.15) is 0 Å². The first-order chi connectivity index (χ1) is 11.3. The highest BCUT2D eigenvalue weighted by atomic mass is 35.5. The standard InChI is InChI=1S/C17H17Cl2NO3S/c1-12(15-8-7-13(18)11-16(15)19)20-17(21)9-10-24(22,23)14-5-3-2-4-6-14/h2-8,11-12H,9-10H2,1H3,(H,20,21)/t12-/m1/s1. The molecule has 0 aliphatic heterocycles. The number of rotatable bonds is 6. The predicted molar refractivity (Wildman–Crippen MR) is 96.1 cm³/mol. The zero-order valence-electron chi connectivity index (χ0n) is 13.0. The molecular weight excluding hydrogens is 369 g/mol. The molecule has 0 aromatic heterocycles. The maximum absolute atomic E-state index is 12.2. The van der Waals surface area contributed by atoms with Gasteiger partial charge in [0.15, 0.2) is 9.84 Å². The van der Waals surface area contributed by atoms with Crippen LogP contribution in [-0.2, 0) is 14.6 Å². The van der Waals surface area contributed by atoms with E-state index in [1.54, 1.807) is 43.3 Å². The molecule has 128 valence electrons. The summed E-state index contributed by atoms with van der Waals surface area (Å²) in [7, 11) is -3.47. The van der Waals surface area contributed by atoms with E-state index in [2.05, 4.69) is 5.32 Å². The molecule has 7 heteroatoms. The molecule has 0 aliphatic rings. The lowest BCUT2D eigenvalue weighted by Crippen LogP contribution is -2.28. The predicted octanol–water partition coefficient (Wildman–Crippen LogP) is 4.03. The molecule has 1 N–H and O–H groups in total. The zero-order chi connectivity index (χ0) is 17.7. The van der Waals surface area contributed by atoms with Crippen molar-refractivity contribution < 1.29 is 13.2 Å². The summed E-state index contributed by atoms with van der Waals surface area (Å²) in [5.74, 6) is -0.600. The Labute approximate surface area is 151 Å². The van der Waals surface area contributed by atoms with E-state index in [1.807, 2.05) is 0 Å². The second-order valence-corrected chi connectivity index (χ2v) is 8.29. The minimum Gasteiger partial charge on any atom is -0.350 e. The van der Waals surface area contributed by atoms with Gasteiger partial charge in [0.2, 0.25) is 5.91 Å². The fourth-order valence-corrected chi connectivity index (χ4v) is 4.05. The Morgan fingerprint density at radius 2 is 1.79 bits per heavy atom. The van der Waals surface area contributed by atoms with Gasteiger partial charge in [0.05, 0.1) is 16.7 Å². The van der Waals surface area contributed by atoms with Gasteiger partial charge < -0.3 is 5.32 Å². The van der Waals surface area contributed by atoms with E-state index in [-0.39, 0.29) is 29.0 Å². The van der Waals surface area contributed by atoms with Crippen LogP contribution in [0.2, 0.25) is 10.0 Å². The monoisotopic (exact) mass is 385 g/mol. The maximum atomic E-state index is 12.2. The molecule has 0 spiro atoms. The minimum absolute atomic E-state index is 0.118. The molecule has 0 fully saturated rings. The molecule has 2 rings (SSSR count). The van der Waals surface area contributed by atoms with Crippen molar-refractivity contribution in [2.24, 2.45) is 0 Å². The molecule has 0 bridgehead atoms. The van der Waals surface area contributed by atoms with Crippen LogP contribution in [-0.4, -0.2) is 20.1 Å². The van der Waals surface area contributed by atoms with E-state index in [0.717, 1.165) is 5.56 Å². The first-order valence-corrected chi connectivity index (χ1v) is 9.72. The number of nitrogens with one attached hydrogen (secondary N) is 1. The summed E-state index contributed by atoms with van der Waals surface area (Å²) >= 11 is 12.0. The number of amides is 1. The third-order valence-electron chi connectivity index (χ3n) is 3.51. The lowest BCUT2D eigenvalue weighted by Gasteiger charge is -2.16. The summed E-state index contributed by atoms with van der Waals surface area (Å²) in [5.41, 5.74) is 0.723. The molecule has 0 saturated carbocycles. The quantitative estimate of drug-likeness (QED) is 0.815. The number of hydrogen-bond donors (Lipinski definition) is 1. The average molecular weight is 386 g/mol. The molecule has 4 nitrogen and oxygen atoms in total. The maximum Gasteiger partial charge on any atom is 0.221 e. The molecular formula is C17H17Cl2NO3S. The molecule has 24 heavy (non-hydrogen) atoms. The van der Waals surface area contributed by atoms with Crippen molar-refractivity contribution in [2.75, 3.05) is 5.75 Å². The molecule has 0 radical (unpaired) electrons. The molecule has 1 amide bonds. The molecule has 2 aromatic carbocycles. The van der Waals surface area contributed by atoms with Gasteiger partial charge in [-0.3, -0.25) is 4.79 Å². The van der Waals surface area contributed by atoms with E-state index >= 15 is 0 Å². The number of sulfone groups is 1. The topological polar surface area (TPSA) is 63.2 Å². The van der Waals surface area contributed by atoms with Crippen LogP contribution < -0.4 is 5.32 Å². The van der Waals surface area contributed by atoms with Crippen LogP contribution in [0.4, 0.5) is 0 Å². The van der Waals surface area contributed by atoms with Crippen molar-refractivity contribution in [2.45, 2.75) is 24.3 Å². The van der Waals surface area contributed by atoms with Crippen molar-refractivity contribution in [3.63, 3.8) is 0 Å². The normalized spacial score (nSPS) is 12.6. The summed E-state index contributed by atoms with van der Waals surface area (Å²) in [5, 5.41) is 3.71. The molecule has 2 aromatic rings. The van der Waals surface area contributed by atoms with Gasteiger partial charge in [-0.1, -0.05) is 47.5 Å². The van der Waals surface area contributed by atoms with Crippen molar-refractivity contribution >= 4 is 38.9 Å². The van der Waals surface area contributed by atoms with Crippen molar-refractivity contribution in [1.29, 1.82) is 0 Å². The van der Waals surface area contributed by atoms with Crippen LogP contribution in [0.1, 0.15) is 24.9 Å². The highest BCUT2D eigenvalue weighted by Gasteiger charge is 2.18. The van der Waals surface area contributed by atoms with Gasteiger partial charge in [-0.05, 0) is 36.8 Å². The third kappa shape index (κ3) is 4.97. The Balaban J connectivity index is 1.96. The molecule has 0 saturated heterocycles. The van der Waals surface area contributed by atoms with Gasteiger partial charge in [-0.15, -0.1) is 0 Å². The lowest BCUT2D eigenvalue weighted by molar-refractivity contribution is -0.121. The van der Waals surface area contributed by atoms with Crippen molar-refractivity contribution in [3.05, 3.63) is 64.1 Å². The second-order valence-electron chi connectivity index (χ2n) is 5.34. The Hall–Kier alpha value is -1.56. The number of halogens is 2. The van der Waals surface area contributed by atoms with E-state index in [9.17, 15) is 13.2 Å². The number of carbonyl (C=O) groups excluding carboxylic acids is 1. The van der Waals surface area contributed by atoms with E-state index in [4.69, 9.17) is 23.2 Å². The average Bonchev–Trinajstić information content (AvgIpc) is 2.54. The second kappa shape index (κ2) is 8.01. The Morgan fingerprint density at radius 1 is 1.12 bits per heavy atom.